The molecule has 0 amide bonds. The Morgan fingerprint density at radius 3 is 2.65 bits per heavy atom. The van der Waals surface area contributed by atoms with Gasteiger partial charge in [0.05, 0.1) is 23.9 Å². The second-order valence-electron chi connectivity index (χ2n) is 4.26. The van der Waals surface area contributed by atoms with E-state index in [-0.39, 0.29) is 12.2 Å². The molecule has 0 aliphatic rings. The van der Waals surface area contributed by atoms with Crippen molar-refractivity contribution in [2.24, 2.45) is 0 Å². The molecule has 0 aliphatic carbocycles. The summed E-state index contributed by atoms with van der Waals surface area (Å²) in [7, 11) is 1.50. The van der Waals surface area contributed by atoms with E-state index in [2.05, 4.69) is 5.16 Å². The maximum Gasteiger partial charge on any atom is 0.335 e. The first kappa shape index (κ1) is 13.9. The standard InChI is InChI=1S/C14H15NO5/c1-8-11(9(2)20-15-8)7-19-13-6-10(14(16)17)4-5-12(13)18-3/h4-6H,7H2,1-3H3,(H,16,17). The van der Waals surface area contributed by atoms with Gasteiger partial charge in [-0.2, -0.15) is 0 Å². The van der Waals surface area contributed by atoms with Gasteiger partial charge >= 0.3 is 5.97 Å². The zero-order valence-electron chi connectivity index (χ0n) is 11.5. The van der Waals surface area contributed by atoms with Crippen molar-refractivity contribution in [3.8, 4) is 11.5 Å². The largest absolute Gasteiger partial charge is 0.493 e. The van der Waals surface area contributed by atoms with Gasteiger partial charge in [-0.05, 0) is 32.0 Å². The molecule has 2 aromatic rings. The molecule has 1 heterocycles. The number of methoxy groups -OCH3 is 1. The van der Waals surface area contributed by atoms with Crippen LogP contribution < -0.4 is 9.47 Å². The number of hydrogen-bond donors (Lipinski definition) is 1. The number of rotatable bonds is 5. The van der Waals surface area contributed by atoms with Crippen LogP contribution in [-0.2, 0) is 6.61 Å². The summed E-state index contributed by atoms with van der Waals surface area (Å²) >= 11 is 0. The maximum atomic E-state index is 11.0. The highest BCUT2D eigenvalue weighted by Crippen LogP contribution is 2.29. The Bertz CT molecular complexity index is 613. The molecule has 1 aromatic heterocycles. The maximum absolute atomic E-state index is 11.0. The van der Waals surface area contributed by atoms with Crippen LogP contribution in [0, 0.1) is 13.8 Å². The predicted octanol–water partition coefficient (Wildman–Crippen LogP) is 2.58. The van der Waals surface area contributed by atoms with Gasteiger partial charge in [0.2, 0.25) is 0 Å². The van der Waals surface area contributed by atoms with Crippen molar-refractivity contribution in [3.05, 3.63) is 40.8 Å². The number of aromatic nitrogens is 1. The Hall–Kier alpha value is -2.50. The molecule has 6 nitrogen and oxygen atoms in total. The van der Waals surface area contributed by atoms with Crippen molar-refractivity contribution in [1.82, 2.24) is 5.16 Å². The first-order chi connectivity index (χ1) is 9.52. The summed E-state index contributed by atoms with van der Waals surface area (Å²) in [5.74, 6) is 0.500. The SMILES string of the molecule is COc1ccc(C(=O)O)cc1OCc1c(C)noc1C. The van der Waals surface area contributed by atoms with Crippen molar-refractivity contribution in [1.29, 1.82) is 0 Å². The molecule has 0 unspecified atom stereocenters. The highest BCUT2D eigenvalue weighted by atomic mass is 16.5. The van der Waals surface area contributed by atoms with Gasteiger partial charge in [-0.3, -0.25) is 0 Å². The van der Waals surface area contributed by atoms with Crippen molar-refractivity contribution >= 4 is 5.97 Å². The molecule has 0 aliphatic heterocycles. The van der Waals surface area contributed by atoms with Gasteiger partial charge in [0, 0.05) is 0 Å². The zero-order valence-corrected chi connectivity index (χ0v) is 11.5. The number of ether oxygens (including phenoxy) is 2. The van der Waals surface area contributed by atoms with Gasteiger partial charge in [0.25, 0.3) is 0 Å². The van der Waals surface area contributed by atoms with E-state index in [1.807, 2.05) is 6.92 Å². The fourth-order valence-electron chi connectivity index (χ4n) is 1.78. The van der Waals surface area contributed by atoms with E-state index in [4.69, 9.17) is 19.1 Å². The topological polar surface area (TPSA) is 81.8 Å². The predicted molar refractivity (Wildman–Crippen MR) is 70.3 cm³/mol. The first-order valence-corrected chi connectivity index (χ1v) is 5.98. The number of carbonyl (C=O) groups is 1. The van der Waals surface area contributed by atoms with E-state index in [9.17, 15) is 4.79 Å². The highest BCUT2D eigenvalue weighted by Gasteiger charge is 2.13. The molecule has 1 N–H and O–H groups in total. The Morgan fingerprint density at radius 2 is 2.10 bits per heavy atom. The number of hydrogen-bond acceptors (Lipinski definition) is 5. The summed E-state index contributed by atoms with van der Waals surface area (Å²) in [6.07, 6.45) is 0. The number of aryl methyl sites for hydroxylation is 2. The van der Waals surface area contributed by atoms with Crippen LogP contribution in [0.25, 0.3) is 0 Å². The number of aromatic carboxylic acids is 1. The van der Waals surface area contributed by atoms with E-state index in [1.165, 1.54) is 19.2 Å². The molecule has 0 fully saturated rings. The second kappa shape index (κ2) is 5.64. The van der Waals surface area contributed by atoms with Crippen LogP contribution in [0.2, 0.25) is 0 Å². The lowest BCUT2D eigenvalue weighted by Crippen LogP contribution is -2.02. The smallest absolute Gasteiger partial charge is 0.335 e. The number of benzene rings is 1. The molecule has 0 spiro atoms. The molecule has 0 radical (unpaired) electrons. The van der Waals surface area contributed by atoms with Gasteiger partial charge in [0.1, 0.15) is 12.4 Å². The molecule has 1 aromatic carbocycles. The first-order valence-electron chi connectivity index (χ1n) is 5.98. The zero-order chi connectivity index (χ0) is 14.7. The van der Waals surface area contributed by atoms with Crippen molar-refractivity contribution < 1.29 is 23.9 Å². The normalized spacial score (nSPS) is 10.3. The molecule has 20 heavy (non-hydrogen) atoms. The second-order valence-corrected chi connectivity index (χ2v) is 4.26. The summed E-state index contributed by atoms with van der Waals surface area (Å²) in [4.78, 5) is 11.0. The van der Waals surface area contributed by atoms with Crippen LogP contribution in [0.3, 0.4) is 0 Å². The Balaban J connectivity index is 2.24. The van der Waals surface area contributed by atoms with Crippen LogP contribution in [0.4, 0.5) is 0 Å². The Morgan fingerprint density at radius 1 is 1.35 bits per heavy atom. The monoisotopic (exact) mass is 277 g/mol. The molecular formula is C14H15NO5. The van der Waals surface area contributed by atoms with Gasteiger partial charge in [-0.15, -0.1) is 0 Å². The minimum absolute atomic E-state index is 0.138. The summed E-state index contributed by atoms with van der Waals surface area (Å²) in [5.41, 5.74) is 1.73. The fourth-order valence-corrected chi connectivity index (χ4v) is 1.78. The molecule has 2 rings (SSSR count). The third-order valence-corrected chi connectivity index (χ3v) is 2.96. The lowest BCUT2D eigenvalue weighted by atomic mass is 10.2. The van der Waals surface area contributed by atoms with Gasteiger partial charge in [-0.25, -0.2) is 4.79 Å². The van der Waals surface area contributed by atoms with Crippen LogP contribution in [0.1, 0.15) is 27.4 Å². The minimum Gasteiger partial charge on any atom is -0.493 e. The molecule has 0 saturated heterocycles. The highest BCUT2D eigenvalue weighted by molar-refractivity contribution is 5.88. The van der Waals surface area contributed by atoms with Crippen molar-refractivity contribution in [2.75, 3.05) is 7.11 Å². The summed E-state index contributed by atoms with van der Waals surface area (Å²) in [6, 6.07) is 4.45. The molecule has 0 bridgehead atoms. The molecule has 0 atom stereocenters. The third kappa shape index (κ3) is 2.74. The van der Waals surface area contributed by atoms with Crippen molar-refractivity contribution in [2.45, 2.75) is 20.5 Å². The summed E-state index contributed by atoms with van der Waals surface area (Å²) in [5, 5.41) is 12.8. The van der Waals surface area contributed by atoms with Crippen LogP contribution in [0.5, 0.6) is 11.5 Å². The van der Waals surface area contributed by atoms with Crippen LogP contribution in [0.15, 0.2) is 22.7 Å². The van der Waals surface area contributed by atoms with Crippen LogP contribution in [-0.4, -0.2) is 23.3 Å². The quantitative estimate of drug-likeness (QED) is 0.904. The average Bonchev–Trinajstić information content (AvgIpc) is 2.75. The molecule has 6 heteroatoms. The van der Waals surface area contributed by atoms with E-state index >= 15 is 0 Å². The Labute approximate surface area is 115 Å². The molecule has 0 saturated carbocycles. The Kier molecular flexibility index (Phi) is 3.93. The van der Waals surface area contributed by atoms with E-state index in [1.54, 1.807) is 13.0 Å². The summed E-state index contributed by atoms with van der Waals surface area (Å²) in [6.45, 7) is 3.85. The fraction of sp³-hybridized carbons (Fsp3) is 0.286. The summed E-state index contributed by atoms with van der Waals surface area (Å²) < 4.78 is 15.8. The number of nitrogens with zero attached hydrogens (tertiary/aromatic N) is 1. The van der Waals surface area contributed by atoms with Gasteiger partial charge in [0.15, 0.2) is 11.5 Å². The lowest BCUT2D eigenvalue weighted by molar-refractivity contribution is 0.0696. The average molecular weight is 277 g/mol. The van der Waals surface area contributed by atoms with Crippen molar-refractivity contribution in [3.63, 3.8) is 0 Å². The lowest BCUT2D eigenvalue weighted by Gasteiger charge is -2.11. The third-order valence-electron chi connectivity index (χ3n) is 2.96. The van der Waals surface area contributed by atoms with Crippen LogP contribution >= 0.6 is 0 Å². The van der Waals surface area contributed by atoms with Gasteiger partial charge < -0.3 is 19.1 Å². The van der Waals surface area contributed by atoms with E-state index < -0.39 is 5.97 Å². The molecule has 106 valence electrons. The van der Waals surface area contributed by atoms with E-state index in [0.29, 0.717) is 17.3 Å². The number of carboxylic acids is 1. The van der Waals surface area contributed by atoms with Gasteiger partial charge in [-0.1, -0.05) is 5.16 Å². The number of carboxylic acid groups (broad SMARTS) is 1. The molecular weight excluding hydrogens is 262 g/mol. The van der Waals surface area contributed by atoms with E-state index in [0.717, 1.165) is 11.3 Å². The minimum atomic E-state index is -1.02.